The second-order valence-corrected chi connectivity index (χ2v) is 3.37. The number of hydrogen-bond acceptors (Lipinski definition) is 3. The smallest absolute Gasteiger partial charge is 0.142 e. The fourth-order valence-corrected chi connectivity index (χ4v) is 1.56. The number of aliphatic hydroxyl groups excluding tert-OH is 1. The van der Waals surface area contributed by atoms with E-state index < -0.39 is 0 Å². The van der Waals surface area contributed by atoms with Crippen LogP contribution in [0.5, 0.6) is 5.75 Å². The molecule has 1 atom stereocenters. The van der Waals surface area contributed by atoms with Crippen LogP contribution < -0.4 is 9.64 Å². The first-order valence-corrected chi connectivity index (χ1v) is 4.48. The molecule has 0 saturated heterocycles. The van der Waals surface area contributed by atoms with Gasteiger partial charge in [0.25, 0.3) is 0 Å². The number of likely N-dealkylation sites (N-methyl/N-ethyl adjacent to an activating group) is 1. The van der Waals surface area contributed by atoms with Crippen LogP contribution >= 0.6 is 0 Å². The number of anilines is 1. The molecule has 1 N–H and O–H groups in total. The fourth-order valence-electron chi connectivity index (χ4n) is 1.56. The van der Waals surface area contributed by atoms with Crippen LogP contribution in [0.15, 0.2) is 18.2 Å². The summed E-state index contributed by atoms with van der Waals surface area (Å²) < 4.78 is 18.3. The second kappa shape index (κ2) is 3.46. The largest absolute Gasteiger partial charge is 0.489 e. The van der Waals surface area contributed by atoms with E-state index in [9.17, 15) is 4.39 Å². The van der Waals surface area contributed by atoms with Crippen LogP contribution in [0.1, 0.15) is 0 Å². The molecule has 0 bridgehead atoms. The summed E-state index contributed by atoms with van der Waals surface area (Å²) in [6, 6.07) is 4.29. The summed E-state index contributed by atoms with van der Waals surface area (Å²) in [4.78, 5) is 1.84. The Morgan fingerprint density at radius 1 is 1.64 bits per heavy atom. The highest BCUT2D eigenvalue weighted by Gasteiger charge is 2.24. The Bertz CT molecular complexity index is 343. The van der Waals surface area contributed by atoms with Gasteiger partial charge in [-0.1, -0.05) is 0 Å². The molecule has 0 aromatic heterocycles. The van der Waals surface area contributed by atoms with Crippen LogP contribution in [0.2, 0.25) is 0 Å². The maximum Gasteiger partial charge on any atom is 0.142 e. The predicted molar refractivity (Wildman–Crippen MR) is 51.2 cm³/mol. The standard InChI is InChI=1S/C10H12FNO2/c1-12-8(5-13)6-14-10-3-2-7(11)4-9(10)12/h2-4,8,13H,5-6H2,1H3. The summed E-state index contributed by atoms with van der Waals surface area (Å²) in [6.45, 7) is 0.443. The first kappa shape index (κ1) is 9.27. The van der Waals surface area contributed by atoms with Gasteiger partial charge in [-0.2, -0.15) is 0 Å². The molecular formula is C10H12FNO2. The minimum Gasteiger partial charge on any atom is -0.489 e. The van der Waals surface area contributed by atoms with Gasteiger partial charge >= 0.3 is 0 Å². The van der Waals surface area contributed by atoms with Crippen molar-refractivity contribution in [3.63, 3.8) is 0 Å². The highest BCUT2D eigenvalue weighted by atomic mass is 19.1. The van der Waals surface area contributed by atoms with Crippen LogP contribution in [-0.4, -0.2) is 31.4 Å². The maximum atomic E-state index is 13.0. The van der Waals surface area contributed by atoms with Crippen LogP contribution in [-0.2, 0) is 0 Å². The summed E-state index contributed by atoms with van der Waals surface area (Å²) >= 11 is 0. The average Bonchev–Trinajstić information content (AvgIpc) is 2.20. The Balaban J connectivity index is 2.38. The lowest BCUT2D eigenvalue weighted by Gasteiger charge is -2.34. The number of aliphatic hydroxyl groups is 1. The SMILES string of the molecule is CN1c2cc(F)ccc2OCC1CO. The molecular weight excluding hydrogens is 185 g/mol. The lowest BCUT2D eigenvalue weighted by Crippen LogP contribution is -2.42. The third-order valence-electron chi connectivity index (χ3n) is 2.49. The number of fused-ring (bicyclic) bond motifs is 1. The molecule has 1 unspecified atom stereocenters. The van der Waals surface area contributed by atoms with E-state index in [-0.39, 0.29) is 18.5 Å². The Hall–Kier alpha value is -1.29. The van der Waals surface area contributed by atoms with Crippen molar-refractivity contribution in [3.05, 3.63) is 24.0 Å². The average molecular weight is 197 g/mol. The first-order chi connectivity index (χ1) is 6.72. The van der Waals surface area contributed by atoms with Gasteiger partial charge in [0, 0.05) is 13.1 Å². The first-order valence-electron chi connectivity index (χ1n) is 4.48. The number of ether oxygens (including phenoxy) is 1. The van der Waals surface area contributed by atoms with Crippen LogP contribution in [0.25, 0.3) is 0 Å². The molecule has 1 aliphatic rings. The molecule has 1 heterocycles. The van der Waals surface area contributed by atoms with Crippen molar-refractivity contribution < 1.29 is 14.2 Å². The highest BCUT2D eigenvalue weighted by Crippen LogP contribution is 2.32. The summed E-state index contributed by atoms with van der Waals surface area (Å²) in [6.07, 6.45) is 0. The fraction of sp³-hybridized carbons (Fsp3) is 0.400. The Labute approximate surface area is 81.7 Å². The van der Waals surface area contributed by atoms with Crippen molar-refractivity contribution in [2.24, 2.45) is 0 Å². The minimum atomic E-state index is -0.294. The molecule has 3 nitrogen and oxygen atoms in total. The molecule has 0 aliphatic carbocycles. The molecule has 0 radical (unpaired) electrons. The van der Waals surface area contributed by atoms with Crippen molar-refractivity contribution in [3.8, 4) is 5.75 Å². The van der Waals surface area contributed by atoms with Crippen LogP contribution in [0.3, 0.4) is 0 Å². The zero-order chi connectivity index (χ0) is 10.1. The summed E-state index contributed by atoms with van der Waals surface area (Å²) in [7, 11) is 1.82. The monoisotopic (exact) mass is 197 g/mol. The topological polar surface area (TPSA) is 32.7 Å². The van der Waals surface area contributed by atoms with Crippen molar-refractivity contribution in [2.75, 3.05) is 25.2 Å². The molecule has 2 rings (SSSR count). The van der Waals surface area contributed by atoms with E-state index in [4.69, 9.17) is 9.84 Å². The second-order valence-electron chi connectivity index (χ2n) is 3.37. The van der Waals surface area contributed by atoms with Gasteiger partial charge in [-0.3, -0.25) is 0 Å². The van der Waals surface area contributed by atoms with E-state index in [0.29, 0.717) is 18.0 Å². The molecule has 0 spiro atoms. The van der Waals surface area contributed by atoms with Crippen molar-refractivity contribution >= 4 is 5.69 Å². The molecule has 14 heavy (non-hydrogen) atoms. The van der Waals surface area contributed by atoms with Crippen molar-refractivity contribution in [2.45, 2.75) is 6.04 Å². The molecule has 1 aromatic rings. The Kier molecular flexibility index (Phi) is 2.29. The zero-order valence-electron chi connectivity index (χ0n) is 7.90. The normalized spacial score (nSPS) is 20.2. The van der Waals surface area contributed by atoms with Crippen LogP contribution in [0, 0.1) is 5.82 Å². The molecule has 0 saturated carbocycles. The third-order valence-corrected chi connectivity index (χ3v) is 2.49. The van der Waals surface area contributed by atoms with Gasteiger partial charge in [0.15, 0.2) is 0 Å². The molecule has 1 aromatic carbocycles. The zero-order valence-corrected chi connectivity index (χ0v) is 7.90. The minimum absolute atomic E-state index is 0.00640. The molecule has 1 aliphatic heterocycles. The number of benzene rings is 1. The lowest BCUT2D eigenvalue weighted by atomic mass is 10.2. The summed E-state index contributed by atoms with van der Waals surface area (Å²) in [5.74, 6) is 0.372. The number of hydrogen-bond donors (Lipinski definition) is 1. The lowest BCUT2D eigenvalue weighted by molar-refractivity contribution is 0.191. The Morgan fingerprint density at radius 3 is 3.14 bits per heavy atom. The van der Waals surface area contributed by atoms with E-state index in [1.165, 1.54) is 12.1 Å². The maximum absolute atomic E-state index is 13.0. The number of nitrogens with zero attached hydrogens (tertiary/aromatic N) is 1. The van der Waals surface area contributed by atoms with E-state index in [1.807, 2.05) is 11.9 Å². The number of halogens is 1. The molecule has 0 amide bonds. The molecule has 0 fully saturated rings. The number of rotatable bonds is 1. The molecule has 4 heteroatoms. The Morgan fingerprint density at radius 2 is 2.43 bits per heavy atom. The third kappa shape index (κ3) is 1.42. The highest BCUT2D eigenvalue weighted by molar-refractivity contribution is 5.60. The van der Waals surface area contributed by atoms with Crippen molar-refractivity contribution in [1.82, 2.24) is 0 Å². The summed E-state index contributed by atoms with van der Waals surface area (Å²) in [5.41, 5.74) is 0.690. The van der Waals surface area contributed by atoms with Gasteiger partial charge in [-0.15, -0.1) is 0 Å². The molecule has 76 valence electrons. The van der Waals surface area contributed by atoms with Crippen molar-refractivity contribution in [1.29, 1.82) is 0 Å². The van der Waals surface area contributed by atoms with Gasteiger partial charge in [-0.25, -0.2) is 4.39 Å². The van der Waals surface area contributed by atoms with E-state index in [1.54, 1.807) is 6.07 Å². The van der Waals surface area contributed by atoms with Gasteiger partial charge in [0.05, 0.1) is 18.3 Å². The van der Waals surface area contributed by atoms with Gasteiger partial charge in [0.2, 0.25) is 0 Å². The van der Waals surface area contributed by atoms with Gasteiger partial charge < -0.3 is 14.7 Å². The quantitative estimate of drug-likeness (QED) is 0.729. The van der Waals surface area contributed by atoms with E-state index in [2.05, 4.69) is 0 Å². The van der Waals surface area contributed by atoms with Gasteiger partial charge in [0.1, 0.15) is 18.2 Å². The summed E-state index contributed by atoms with van der Waals surface area (Å²) in [5, 5.41) is 9.04. The van der Waals surface area contributed by atoms with E-state index >= 15 is 0 Å². The predicted octanol–water partition coefficient (Wildman–Crippen LogP) is 1.02. The van der Waals surface area contributed by atoms with E-state index in [0.717, 1.165) is 0 Å². The van der Waals surface area contributed by atoms with Gasteiger partial charge in [-0.05, 0) is 12.1 Å². The van der Waals surface area contributed by atoms with Crippen LogP contribution in [0.4, 0.5) is 10.1 Å².